The Balaban J connectivity index is 0.000000278. The molecule has 1 saturated carbocycles. The number of anilines is 1. The molecule has 4 rings (SSSR count). The third-order valence-corrected chi connectivity index (χ3v) is 5.35. The summed E-state index contributed by atoms with van der Waals surface area (Å²) >= 11 is 12.5. The van der Waals surface area contributed by atoms with Crippen LogP contribution in [-0.2, 0) is 11.3 Å². The first-order chi connectivity index (χ1) is 12.4. The number of hydrogen-bond donors (Lipinski definition) is 2. The Labute approximate surface area is 163 Å². The molecule has 3 N–H and O–H groups in total. The molecule has 2 aliphatic rings. The fraction of sp³-hybridized carbons (Fsp3) is 0.350. The molecular weight excluding hydrogens is 371 g/mol. The topological polar surface area (TPSA) is 66.6 Å². The summed E-state index contributed by atoms with van der Waals surface area (Å²) in [4.78, 5) is 12.0. The van der Waals surface area contributed by atoms with E-state index >= 15 is 0 Å². The van der Waals surface area contributed by atoms with Crippen LogP contribution in [0.15, 0.2) is 36.4 Å². The fourth-order valence-electron chi connectivity index (χ4n) is 3.27. The van der Waals surface area contributed by atoms with E-state index in [4.69, 9.17) is 34.0 Å². The Hall–Kier alpha value is -1.75. The van der Waals surface area contributed by atoms with Crippen molar-refractivity contribution in [1.82, 2.24) is 4.90 Å². The number of carbonyl (C=O) groups is 1. The highest BCUT2D eigenvalue weighted by Gasteiger charge is 2.29. The third kappa shape index (κ3) is 4.32. The lowest BCUT2D eigenvalue weighted by Gasteiger charge is -2.33. The summed E-state index contributed by atoms with van der Waals surface area (Å²) in [6, 6.07) is 11.8. The van der Waals surface area contributed by atoms with E-state index < -0.39 is 5.97 Å². The van der Waals surface area contributed by atoms with Crippen molar-refractivity contribution in [3.63, 3.8) is 0 Å². The van der Waals surface area contributed by atoms with Gasteiger partial charge < -0.3 is 15.7 Å². The number of carboxylic acids is 1. The largest absolute Gasteiger partial charge is 0.481 e. The van der Waals surface area contributed by atoms with Crippen LogP contribution < -0.4 is 5.73 Å². The van der Waals surface area contributed by atoms with Gasteiger partial charge in [-0.05, 0) is 54.8 Å². The molecule has 6 heteroatoms. The molecule has 1 aliphatic carbocycles. The second-order valence-corrected chi connectivity index (χ2v) is 7.79. The first-order valence-corrected chi connectivity index (χ1v) is 9.36. The zero-order valence-electron chi connectivity index (χ0n) is 14.6. The van der Waals surface area contributed by atoms with Crippen LogP contribution >= 0.6 is 23.2 Å². The Bertz CT molecular complexity index is 821. The van der Waals surface area contributed by atoms with Gasteiger partial charge in [0, 0.05) is 34.7 Å². The van der Waals surface area contributed by atoms with Gasteiger partial charge in [0.05, 0.1) is 5.92 Å². The molecule has 0 saturated heterocycles. The summed E-state index contributed by atoms with van der Waals surface area (Å²) in [7, 11) is 2.10. The second-order valence-electron chi connectivity index (χ2n) is 6.95. The molecule has 26 heavy (non-hydrogen) atoms. The number of carboxylic acid groups (broad SMARTS) is 1. The molecule has 0 spiro atoms. The summed E-state index contributed by atoms with van der Waals surface area (Å²) in [6.45, 7) is 1.76. The molecule has 4 nitrogen and oxygen atoms in total. The number of benzene rings is 2. The fourth-order valence-corrected chi connectivity index (χ4v) is 3.84. The van der Waals surface area contributed by atoms with Crippen LogP contribution in [0, 0.1) is 5.92 Å². The highest BCUT2D eigenvalue weighted by atomic mass is 35.5. The van der Waals surface area contributed by atoms with Crippen molar-refractivity contribution in [3.8, 4) is 0 Å². The zero-order chi connectivity index (χ0) is 18.8. The predicted octanol–water partition coefficient (Wildman–Crippen LogP) is 4.63. The van der Waals surface area contributed by atoms with Crippen LogP contribution in [0.4, 0.5) is 5.69 Å². The van der Waals surface area contributed by atoms with Gasteiger partial charge in [0.2, 0.25) is 0 Å². The van der Waals surface area contributed by atoms with Crippen molar-refractivity contribution in [3.05, 3.63) is 63.1 Å². The van der Waals surface area contributed by atoms with Gasteiger partial charge in [-0.1, -0.05) is 41.4 Å². The number of fused-ring (bicyclic) bond motifs is 1. The van der Waals surface area contributed by atoms with Crippen LogP contribution in [0.5, 0.6) is 0 Å². The Morgan fingerprint density at radius 2 is 1.88 bits per heavy atom. The minimum absolute atomic E-state index is 0.0185. The molecular formula is C20H22Cl2N2O2. The number of hydrogen-bond acceptors (Lipinski definition) is 3. The molecule has 2 aromatic rings. The number of para-hydroxylation sites is 1. The third-order valence-electron chi connectivity index (χ3n) is 4.79. The van der Waals surface area contributed by atoms with Gasteiger partial charge in [0.1, 0.15) is 0 Å². The summed E-state index contributed by atoms with van der Waals surface area (Å²) in [5.41, 5.74) is 10.4. The van der Waals surface area contributed by atoms with Gasteiger partial charge >= 0.3 is 5.97 Å². The number of nitrogens with two attached hydrogens (primary N) is 1. The van der Waals surface area contributed by atoms with E-state index in [1.165, 1.54) is 5.56 Å². The molecule has 1 fully saturated rings. The molecule has 0 amide bonds. The van der Waals surface area contributed by atoms with Crippen LogP contribution in [0.3, 0.4) is 0 Å². The minimum Gasteiger partial charge on any atom is -0.481 e. The van der Waals surface area contributed by atoms with Crippen LogP contribution in [0.25, 0.3) is 0 Å². The summed E-state index contributed by atoms with van der Waals surface area (Å²) in [5.74, 6) is -0.402. The molecule has 0 radical (unpaired) electrons. The maximum absolute atomic E-state index is 9.76. The van der Waals surface area contributed by atoms with E-state index in [9.17, 15) is 4.79 Å². The molecule has 0 bridgehead atoms. The average Bonchev–Trinajstić information content (AvgIpc) is 3.41. The molecule has 0 aromatic heterocycles. The van der Waals surface area contributed by atoms with Crippen molar-refractivity contribution >= 4 is 34.9 Å². The number of nitrogens with zero attached hydrogens (tertiary/aromatic N) is 1. The van der Waals surface area contributed by atoms with Gasteiger partial charge in [-0.15, -0.1) is 0 Å². The standard InChI is InChI=1S/C16H16Cl2N2.C4H6O2/c1-20-8-13(11-4-2-3-5-16(11)19)12-6-10(17)7-15(18)14(12)9-20;5-4(6)3-1-2-3/h2-7,13H,8-9,19H2,1H3;3H,1-2H2,(H,5,6). The maximum atomic E-state index is 9.76. The number of nitrogen functional groups attached to an aromatic ring is 1. The summed E-state index contributed by atoms with van der Waals surface area (Å²) < 4.78 is 0. The van der Waals surface area contributed by atoms with Crippen LogP contribution in [-0.4, -0.2) is 29.6 Å². The Morgan fingerprint density at radius 3 is 2.46 bits per heavy atom. The van der Waals surface area contributed by atoms with E-state index in [0.717, 1.165) is 47.8 Å². The van der Waals surface area contributed by atoms with Crippen molar-refractivity contribution in [2.45, 2.75) is 25.3 Å². The van der Waals surface area contributed by atoms with Crippen molar-refractivity contribution in [1.29, 1.82) is 0 Å². The van der Waals surface area contributed by atoms with Crippen molar-refractivity contribution < 1.29 is 9.90 Å². The van der Waals surface area contributed by atoms with Gasteiger partial charge in [-0.3, -0.25) is 4.79 Å². The first kappa shape index (κ1) is 19.0. The SMILES string of the molecule is CN1Cc2c(Cl)cc(Cl)cc2C(c2ccccc2N)C1.O=C(O)C1CC1. The summed E-state index contributed by atoms with van der Waals surface area (Å²) in [6.07, 6.45) is 1.80. The molecule has 1 atom stereocenters. The molecule has 1 heterocycles. The molecule has 2 aromatic carbocycles. The van der Waals surface area contributed by atoms with Gasteiger partial charge in [0.25, 0.3) is 0 Å². The van der Waals surface area contributed by atoms with E-state index in [2.05, 4.69) is 18.0 Å². The first-order valence-electron chi connectivity index (χ1n) is 8.60. The lowest BCUT2D eigenvalue weighted by molar-refractivity contribution is -0.138. The van der Waals surface area contributed by atoms with E-state index in [1.807, 2.05) is 30.3 Å². The number of likely N-dealkylation sites (N-methyl/N-ethyl adjacent to an activating group) is 1. The Morgan fingerprint density at radius 1 is 1.19 bits per heavy atom. The van der Waals surface area contributed by atoms with Crippen LogP contribution in [0.2, 0.25) is 10.0 Å². The smallest absolute Gasteiger partial charge is 0.306 e. The lowest BCUT2D eigenvalue weighted by atomic mass is 9.84. The van der Waals surface area contributed by atoms with Gasteiger partial charge in [-0.2, -0.15) is 0 Å². The van der Waals surface area contributed by atoms with Crippen molar-refractivity contribution in [2.24, 2.45) is 5.92 Å². The number of aliphatic carboxylic acids is 1. The quantitative estimate of drug-likeness (QED) is 0.730. The number of halogens is 2. The van der Waals surface area contributed by atoms with Gasteiger partial charge in [-0.25, -0.2) is 0 Å². The minimum atomic E-state index is -0.630. The second kappa shape index (κ2) is 7.87. The van der Waals surface area contributed by atoms with Crippen LogP contribution in [0.1, 0.15) is 35.4 Å². The highest BCUT2D eigenvalue weighted by Crippen LogP contribution is 2.39. The predicted molar refractivity (Wildman–Crippen MR) is 106 cm³/mol. The molecule has 1 unspecified atom stereocenters. The normalized spacial score (nSPS) is 19.3. The Kier molecular flexibility index (Phi) is 5.76. The number of rotatable bonds is 2. The average molecular weight is 393 g/mol. The maximum Gasteiger partial charge on any atom is 0.306 e. The van der Waals surface area contributed by atoms with E-state index in [1.54, 1.807) is 0 Å². The zero-order valence-corrected chi connectivity index (χ0v) is 16.1. The van der Waals surface area contributed by atoms with E-state index in [0.29, 0.717) is 5.02 Å². The lowest BCUT2D eigenvalue weighted by Crippen LogP contribution is -2.31. The van der Waals surface area contributed by atoms with Gasteiger partial charge in [0.15, 0.2) is 0 Å². The monoisotopic (exact) mass is 392 g/mol. The van der Waals surface area contributed by atoms with E-state index in [-0.39, 0.29) is 11.8 Å². The molecule has 1 aliphatic heterocycles. The summed E-state index contributed by atoms with van der Waals surface area (Å²) in [5, 5.41) is 9.47. The van der Waals surface area contributed by atoms with Crippen molar-refractivity contribution in [2.75, 3.05) is 19.3 Å². The highest BCUT2D eigenvalue weighted by molar-refractivity contribution is 6.35. The molecule has 138 valence electrons.